The van der Waals surface area contributed by atoms with Gasteiger partial charge in [-0.2, -0.15) is 0 Å². The summed E-state index contributed by atoms with van der Waals surface area (Å²) in [5, 5.41) is 0. The molecule has 0 atom stereocenters. The van der Waals surface area contributed by atoms with Gasteiger partial charge in [0.25, 0.3) is 0 Å². The highest BCUT2D eigenvalue weighted by atomic mass is 35.5. The van der Waals surface area contributed by atoms with Crippen LogP contribution in [0.2, 0.25) is 0 Å². The van der Waals surface area contributed by atoms with Gasteiger partial charge in [-0.1, -0.05) is 19.3 Å². The zero-order valence-corrected chi connectivity index (χ0v) is 9.72. The number of rotatable bonds is 4. The van der Waals surface area contributed by atoms with Crippen molar-refractivity contribution < 1.29 is 4.79 Å². The molecule has 14 heavy (non-hydrogen) atoms. The fourth-order valence-corrected chi connectivity index (χ4v) is 2.29. The van der Waals surface area contributed by atoms with Crippen LogP contribution in [0.1, 0.15) is 38.5 Å². The third-order valence-electron chi connectivity index (χ3n) is 2.99. The monoisotopic (exact) mass is 217 g/mol. The number of halogens is 1. The predicted octanol–water partition coefficient (Wildman–Crippen LogP) is 2.65. The van der Waals surface area contributed by atoms with E-state index in [-0.39, 0.29) is 5.91 Å². The molecule has 1 saturated carbocycles. The van der Waals surface area contributed by atoms with Gasteiger partial charge in [-0.25, -0.2) is 0 Å². The van der Waals surface area contributed by atoms with Gasteiger partial charge in [-0.05, 0) is 18.8 Å². The summed E-state index contributed by atoms with van der Waals surface area (Å²) in [4.78, 5) is 13.3. The van der Waals surface area contributed by atoms with Crippen molar-refractivity contribution in [2.45, 2.75) is 38.5 Å². The average Bonchev–Trinajstić information content (AvgIpc) is 2.19. The lowest BCUT2D eigenvalue weighted by atomic mass is 9.89. The quantitative estimate of drug-likeness (QED) is 0.663. The van der Waals surface area contributed by atoms with Crippen LogP contribution < -0.4 is 0 Å². The first-order valence-corrected chi connectivity index (χ1v) is 6.07. The Morgan fingerprint density at radius 3 is 2.57 bits per heavy atom. The normalized spacial score (nSPS) is 18.1. The van der Waals surface area contributed by atoms with E-state index >= 15 is 0 Å². The Bertz CT molecular complexity index is 178. The van der Waals surface area contributed by atoms with Crippen molar-refractivity contribution in [2.75, 3.05) is 19.5 Å². The molecule has 0 radical (unpaired) electrons. The maximum atomic E-state index is 11.5. The number of alkyl halides is 1. The van der Waals surface area contributed by atoms with Gasteiger partial charge in [0.2, 0.25) is 5.91 Å². The zero-order chi connectivity index (χ0) is 10.4. The van der Waals surface area contributed by atoms with E-state index in [0.29, 0.717) is 12.3 Å². The van der Waals surface area contributed by atoms with Crippen LogP contribution in [0, 0.1) is 5.92 Å². The van der Waals surface area contributed by atoms with Crippen molar-refractivity contribution in [1.82, 2.24) is 4.90 Å². The smallest absolute Gasteiger partial charge is 0.223 e. The standard InChI is InChI=1S/C11H20ClNO/c1-13(11(14)7-8-12)9-10-5-3-2-4-6-10/h10H,2-9H2,1H3. The van der Waals surface area contributed by atoms with Crippen molar-refractivity contribution in [3.8, 4) is 0 Å². The molecule has 0 unspecified atom stereocenters. The fraction of sp³-hybridized carbons (Fsp3) is 0.909. The number of hydrogen-bond donors (Lipinski definition) is 0. The lowest BCUT2D eigenvalue weighted by Crippen LogP contribution is -2.32. The van der Waals surface area contributed by atoms with E-state index in [4.69, 9.17) is 11.6 Å². The minimum absolute atomic E-state index is 0.186. The van der Waals surface area contributed by atoms with Gasteiger partial charge >= 0.3 is 0 Å². The maximum absolute atomic E-state index is 11.5. The second kappa shape index (κ2) is 6.28. The van der Waals surface area contributed by atoms with Crippen LogP contribution in [-0.2, 0) is 4.79 Å². The Kier molecular flexibility index (Phi) is 5.31. The Morgan fingerprint density at radius 1 is 1.36 bits per heavy atom. The SMILES string of the molecule is CN(CC1CCCCC1)C(=O)CCCl. The van der Waals surface area contributed by atoms with Crippen LogP contribution in [0.15, 0.2) is 0 Å². The summed E-state index contributed by atoms with van der Waals surface area (Å²) in [5.41, 5.74) is 0. The molecule has 0 aromatic rings. The molecule has 0 aliphatic heterocycles. The van der Waals surface area contributed by atoms with Crippen LogP contribution in [0.5, 0.6) is 0 Å². The molecule has 1 aliphatic carbocycles. The highest BCUT2D eigenvalue weighted by molar-refractivity contribution is 6.18. The summed E-state index contributed by atoms with van der Waals surface area (Å²) in [5.74, 6) is 1.35. The molecule has 0 heterocycles. The highest BCUT2D eigenvalue weighted by Crippen LogP contribution is 2.24. The number of carbonyl (C=O) groups excluding carboxylic acids is 1. The molecular formula is C11H20ClNO. The first kappa shape index (κ1) is 11.8. The third-order valence-corrected chi connectivity index (χ3v) is 3.18. The van der Waals surface area contributed by atoms with Gasteiger partial charge in [0.05, 0.1) is 0 Å². The van der Waals surface area contributed by atoms with Crippen molar-refractivity contribution in [2.24, 2.45) is 5.92 Å². The van der Waals surface area contributed by atoms with E-state index < -0.39 is 0 Å². The number of carbonyl (C=O) groups is 1. The summed E-state index contributed by atoms with van der Waals surface area (Å²) in [6.45, 7) is 0.926. The summed E-state index contributed by atoms with van der Waals surface area (Å²) in [7, 11) is 1.89. The first-order chi connectivity index (χ1) is 6.74. The van der Waals surface area contributed by atoms with E-state index in [1.807, 2.05) is 11.9 Å². The Morgan fingerprint density at radius 2 is 2.00 bits per heavy atom. The lowest BCUT2D eigenvalue weighted by Gasteiger charge is -2.26. The molecule has 1 fully saturated rings. The van der Waals surface area contributed by atoms with E-state index in [1.54, 1.807) is 0 Å². The fourth-order valence-electron chi connectivity index (χ4n) is 2.13. The molecule has 0 aromatic heterocycles. The largest absolute Gasteiger partial charge is 0.345 e. The van der Waals surface area contributed by atoms with Gasteiger partial charge < -0.3 is 4.90 Å². The topological polar surface area (TPSA) is 20.3 Å². The molecule has 1 aliphatic rings. The van der Waals surface area contributed by atoms with Crippen LogP contribution in [0.25, 0.3) is 0 Å². The number of hydrogen-bond acceptors (Lipinski definition) is 1. The van der Waals surface area contributed by atoms with Gasteiger partial charge in [-0.3, -0.25) is 4.79 Å². The summed E-state index contributed by atoms with van der Waals surface area (Å²) in [6, 6.07) is 0. The van der Waals surface area contributed by atoms with Crippen molar-refractivity contribution >= 4 is 17.5 Å². The molecule has 0 N–H and O–H groups in total. The second-order valence-electron chi connectivity index (χ2n) is 4.22. The molecule has 0 spiro atoms. The van der Waals surface area contributed by atoms with Crippen LogP contribution in [0.3, 0.4) is 0 Å². The van der Waals surface area contributed by atoms with E-state index in [9.17, 15) is 4.79 Å². The Hall–Kier alpha value is -0.240. The summed E-state index contributed by atoms with van der Waals surface area (Å²) < 4.78 is 0. The number of amides is 1. The van der Waals surface area contributed by atoms with E-state index in [2.05, 4.69) is 0 Å². The molecule has 1 amide bonds. The van der Waals surface area contributed by atoms with Crippen LogP contribution in [0.4, 0.5) is 0 Å². The molecular weight excluding hydrogens is 198 g/mol. The minimum Gasteiger partial charge on any atom is -0.345 e. The molecule has 0 saturated heterocycles. The second-order valence-corrected chi connectivity index (χ2v) is 4.60. The van der Waals surface area contributed by atoms with Gasteiger partial charge in [0.1, 0.15) is 0 Å². The van der Waals surface area contributed by atoms with Crippen molar-refractivity contribution in [3.63, 3.8) is 0 Å². The maximum Gasteiger partial charge on any atom is 0.223 e. The van der Waals surface area contributed by atoms with Crippen molar-refractivity contribution in [1.29, 1.82) is 0 Å². The Labute approximate surface area is 91.6 Å². The Balaban J connectivity index is 2.24. The van der Waals surface area contributed by atoms with E-state index in [1.165, 1.54) is 32.1 Å². The predicted molar refractivity (Wildman–Crippen MR) is 59.5 cm³/mol. The van der Waals surface area contributed by atoms with Crippen LogP contribution in [-0.4, -0.2) is 30.3 Å². The third kappa shape index (κ3) is 3.87. The zero-order valence-electron chi connectivity index (χ0n) is 8.97. The molecule has 2 nitrogen and oxygen atoms in total. The van der Waals surface area contributed by atoms with E-state index in [0.717, 1.165) is 12.5 Å². The van der Waals surface area contributed by atoms with Gasteiger partial charge in [0, 0.05) is 25.9 Å². The molecule has 0 aromatic carbocycles. The lowest BCUT2D eigenvalue weighted by molar-refractivity contribution is -0.130. The van der Waals surface area contributed by atoms with Gasteiger partial charge in [0.15, 0.2) is 0 Å². The van der Waals surface area contributed by atoms with Gasteiger partial charge in [-0.15, -0.1) is 11.6 Å². The molecule has 82 valence electrons. The van der Waals surface area contributed by atoms with Crippen LogP contribution >= 0.6 is 11.6 Å². The first-order valence-electron chi connectivity index (χ1n) is 5.54. The summed E-state index contributed by atoms with van der Waals surface area (Å²) >= 11 is 5.54. The number of nitrogens with zero attached hydrogens (tertiary/aromatic N) is 1. The molecule has 1 rings (SSSR count). The molecule has 0 bridgehead atoms. The minimum atomic E-state index is 0.186. The van der Waals surface area contributed by atoms with Crippen molar-refractivity contribution in [3.05, 3.63) is 0 Å². The highest BCUT2D eigenvalue weighted by Gasteiger charge is 2.17. The summed E-state index contributed by atoms with van der Waals surface area (Å²) in [6.07, 6.45) is 7.10. The molecule has 3 heteroatoms. The average molecular weight is 218 g/mol.